The van der Waals surface area contributed by atoms with Gasteiger partial charge in [-0.25, -0.2) is 4.39 Å². The Labute approximate surface area is 120 Å². The third-order valence-corrected chi connectivity index (χ3v) is 4.04. The van der Waals surface area contributed by atoms with Gasteiger partial charge in [0.15, 0.2) is 5.78 Å². The van der Waals surface area contributed by atoms with E-state index in [4.69, 9.17) is 0 Å². The molecule has 0 aliphatic heterocycles. The molecule has 0 spiro atoms. The Hall–Kier alpha value is -1.48. The van der Waals surface area contributed by atoms with Crippen LogP contribution in [0.2, 0.25) is 0 Å². The molecular formula is C16H14BrFO. The highest BCUT2D eigenvalue weighted by Gasteiger charge is 2.13. The average Bonchev–Trinajstić information content (AvgIpc) is 2.37. The smallest absolute Gasteiger partial charge is 0.167 e. The number of hydrogen-bond acceptors (Lipinski definition) is 1. The minimum absolute atomic E-state index is 0.00694. The van der Waals surface area contributed by atoms with Crippen molar-refractivity contribution in [3.63, 3.8) is 0 Å². The molecule has 0 saturated carbocycles. The fourth-order valence-electron chi connectivity index (χ4n) is 2.00. The van der Waals surface area contributed by atoms with Crippen LogP contribution in [0.25, 0.3) is 0 Å². The molecular weight excluding hydrogens is 307 g/mol. The number of hydrogen-bond donors (Lipinski definition) is 0. The lowest BCUT2D eigenvalue weighted by Crippen LogP contribution is -2.07. The highest BCUT2D eigenvalue weighted by atomic mass is 79.9. The van der Waals surface area contributed by atoms with Gasteiger partial charge in [0.05, 0.1) is 0 Å². The summed E-state index contributed by atoms with van der Waals surface area (Å²) in [6.45, 7) is 3.91. The molecule has 3 heteroatoms. The van der Waals surface area contributed by atoms with Gasteiger partial charge in [-0.3, -0.25) is 4.79 Å². The molecule has 0 saturated heterocycles. The summed E-state index contributed by atoms with van der Waals surface area (Å²) in [4.78, 5) is 12.3. The Morgan fingerprint density at radius 2 is 1.95 bits per heavy atom. The van der Waals surface area contributed by atoms with Crippen LogP contribution >= 0.6 is 15.9 Å². The van der Waals surface area contributed by atoms with Crippen molar-refractivity contribution in [2.45, 2.75) is 20.3 Å². The predicted molar refractivity (Wildman–Crippen MR) is 78.1 cm³/mol. The van der Waals surface area contributed by atoms with Crippen LogP contribution in [0.15, 0.2) is 40.9 Å². The number of halogens is 2. The van der Waals surface area contributed by atoms with Crippen LogP contribution < -0.4 is 0 Å². The molecule has 0 N–H and O–H groups in total. The Kier molecular flexibility index (Phi) is 4.15. The fourth-order valence-corrected chi connectivity index (χ4v) is 2.39. The first-order valence-corrected chi connectivity index (χ1v) is 6.81. The third-order valence-electron chi connectivity index (χ3n) is 3.26. The van der Waals surface area contributed by atoms with Gasteiger partial charge in [-0.2, -0.15) is 0 Å². The van der Waals surface area contributed by atoms with Crippen molar-refractivity contribution in [2.24, 2.45) is 0 Å². The molecule has 2 rings (SSSR count). The largest absolute Gasteiger partial charge is 0.294 e. The Bertz CT molecular complexity index is 635. The van der Waals surface area contributed by atoms with Gasteiger partial charge >= 0.3 is 0 Å². The second kappa shape index (κ2) is 5.66. The summed E-state index contributed by atoms with van der Waals surface area (Å²) in [6, 6.07) is 10.1. The number of carbonyl (C=O) groups is 1. The molecule has 0 fully saturated rings. The summed E-state index contributed by atoms with van der Waals surface area (Å²) >= 11 is 3.35. The first kappa shape index (κ1) is 13.9. The molecule has 0 heterocycles. The zero-order valence-corrected chi connectivity index (χ0v) is 12.4. The van der Waals surface area contributed by atoms with Crippen molar-refractivity contribution < 1.29 is 9.18 Å². The summed E-state index contributed by atoms with van der Waals surface area (Å²) in [5.74, 6) is -0.320. The van der Waals surface area contributed by atoms with Crippen LogP contribution in [0.1, 0.15) is 27.0 Å². The van der Waals surface area contributed by atoms with Gasteiger partial charge in [-0.05, 0) is 48.7 Å². The fraction of sp³-hybridized carbons (Fsp3) is 0.188. The molecule has 0 aliphatic rings. The molecule has 2 aromatic carbocycles. The highest BCUT2D eigenvalue weighted by molar-refractivity contribution is 9.10. The first-order valence-electron chi connectivity index (χ1n) is 6.02. The van der Waals surface area contributed by atoms with E-state index in [2.05, 4.69) is 15.9 Å². The van der Waals surface area contributed by atoms with Crippen LogP contribution in [0.4, 0.5) is 4.39 Å². The third kappa shape index (κ3) is 3.10. The van der Waals surface area contributed by atoms with E-state index >= 15 is 0 Å². The summed E-state index contributed by atoms with van der Waals surface area (Å²) < 4.78 is 14.0. The van der Waals surface area contributed by atoms with Crippen molar-refractivity contribution in [3.8, 4) is 0 Å². The number of aryl methyl sites for hydroxylation is 1. The van der Waals surface area contributed by atoms with Gasteiger partial charge in [-0.1, -0.05) is 34.1 Å². The standard InChI is InChI=1S/C16H14BrFO/c1-10-4-3-5-14(11(10)2)16(19)9-12-8-13(18)6-7-15(12)17/h3-8H,9H2,1-2H3. The molecule has 98 valence electrons. The van der Waals surface area contributed by atoms with Crippen molar-refractivity contribution in [3.05, 3.63) is 68.9 Å². The number of ketones is 1. The van der Waals surface area contributed by atoms with Crippen LogP contribution in [0, 0.1) is 19.7 Å². The number of benzene rings is 2. The van der Waals surface area contributed by atoms with Gasteiger partial charge < -0.3 is 0 Å². The molecule has 19 heavy (non-hydrogen) atoms. The van der Waals surface area contributed by atoms with Crippen LogP contribution in [0.5, 0.6) is 0 Å². The van der Waals surface area contributed by atoms with E-state index < -0.39 is 0 Å². The van der Waals surface area contributed by atoms with E-state index in [1.807, 2.05) is 32.0 Å². The second-order valence-corrected chi connectivity index (χ2v) is 5.44. The molecule has 0 aromatic heterocycles. The van der Waals surface area contributed by atoms with Gasteiger partial charge in [0.2, 0.25) is 0 Å². The van der Waals surface area contributed by atoms with E-state index in [0.717, 1.165) is 15.6 Å². The SMILES string of the molecule is Cc1cccc(C(=O)Cc2cc(F)ccc2Br)c1C. The second-order valence-electron chi connectivity index (χ2n) is 4.58. The predicted octanol–water partition coefficient (Wildman–Crippen LogP) is 4.63. The minimum Gasteiger partial charge on any atom is -0.294 e. The van der Waals surface area contributed by atoms with Crippen LogP contribution in [-0.2, 0) is 6.42 Å². The van der Waals surface area contributed by atoms with Crippen molar-refractivity contribution >= 4 is 21.7 Å². The summed E-state index contributed by atoms with van der Waals surface area (Å²) in [5.41, 5.74) is 3.45. The maximum absolute atomic E-state index is 13.2. The van der Waals surface area contributed by atoms with E-state index in [-0.39, 0.29) is 18.0 Å². The maximum atomic E-state index is 13.2. The van der Waals surface area contributed by atoms with Crippen molar-refractivity contribution in [1.29, 1.82) is 0 Å². The summed E-state index contributed by atoms with van der Waals surface area (Å²) in [7, 11) is 0. The lowest BCUT2D eigenvalue weighted by molar-refractivity contribution is 0.0992. The van der Waals surface area contributed by atoms with E-state index in [0.29, 0.717) is 11.1 Å². The van der Waals surface area contributed by atoms with Crippen LogP contribution in [-0.4, -0.2) is 5.78 Å². The minimum atomic E-state index is -0.327. The molecule has 0 bridgehead atoms. The van der Waals surface area contributed by atoms with Gasteiger partial charge in [0, 0.05) is 16.5 Å². The highest BCUT2D eigenvalue weighted by Crippen LogP contribution is 2.21. The summed E-state index contributed by atoms with van der Waals surface area (Å²) in [5, 5.41) is 0. The first-order chi connectivity index (χ1) is 8.99. The quantitative estimate of drug-likeness (QED) is 0.753. The maximum Gasteiger partial charge on any atom is 0.167 e. The zero-order valence-electron chi connectivity index (χ0n) is 10.8. The number of Topliss-reactive ketones (excluding diaryl/α,β-unsaturated/α-hetero) is 1. The molecule has 0 unspecified atom stereocenters. The number of carbonyl (C=O) groups excluding carboxylic acids is 1. The van der Waals surface area contributed by atoms with Crippen LogP contribution in [0.3, 0.4) is 0 Å². The lowest BCUT2D eigenvalue weighted by Gasteiger charge is -2.09. The molecule has 0 aliphatic carbocycles. The molecule has 0 radical (unpaired) electrons. The van der Waals surface area contributed by atoms with Gasteiger partial charge in [0.1, 0.15) is 5.82 Å². The normalized spacial score (nSPS) is 10.5. The number of rotatable bonds is 3. The van der Waals surface area contributed by atoms with Crippen molar-refractivity contribution in [1.82, 2.24) is 0 Å². The van der Waals surface area contributed by atoms with Gasteiger partial charge in [-0.15, -0.1) is 0 Å². The molecule has 0 amide bonds. The van der Waals surface area contributed by atoms with Gasteiger partial charge in [0.25, 0.3) is 0 Å². The lowest BCUT2D eigenvalue weighted by atomic mass is 9.96. The van der Waals surface area contributed by atoms with Crippen molar-refractivity contribution in [2.75, 3.05) is 0 Å². The zero-order chi connectivity index (χ0) is 14.0. The Morgan fingerprint density at radius 3 is 2.68 bits per heavy atom. The molecule has 1 nitrogen and oxygen atoms in total. The van der Waals surface area contributed by atoms with E-state index in [1.165, 1.54) is 12.1 Å². The topological polar surface area (TPSA) is 17.1 Å². The van der Waals surface area contributed by atoms with E-state index in [9.17, 15) is 9.18 Å². The average molecular weight is 321 g/mol. The Balaban J connectivity index is 2.31. The van der Waals surface area contributed by atoms with E-state index in [1.54, 1.807) is 6.07 Å². The Morgan fingerprint density at radius 1 is 1.21 bits per heavy atom. The monoisotopic (exact) mass is 320 g/mol. The summed E-state index contributed by atoms with van der Waals surface area (Å²) in [6.07, 6.45) is 0.197. The molecule has 2 aromatic rings. The molecule has 0 atom stereocenters.